The lowest BCUT2D eigenvalue weighted by Gasteiger charge is -2.33. The number of nitrogens with one attached hydrogen (secondary N) is 1. The van der Waals surface area contributed by atoms with Gasteiger partial charge in [0.05, 0.1) is 20.3 Å². The van der Waals surface area contributed by atoms with Crippen LogP contribution in [0.5, 0.6) is 5.75 Å². The molecule has 1 aromatic carbocycles. The van der Waals surface area contributed by atoms with Crippen LogP contribution in [0, 0.1) is 0 Å². The number of benzene rings is 1. The van der Waals surface area contributed by atoms with Gasteiger partial charge in [-0.2, -0.15) is 0 Å². The van der Waals surface area contributed by atoms with E-state index in [9.17, 15) is 0 Å². The molecule has 0 amide bonds. The minimum atomic E-state index is 0.252. The molecule has 88 valence electrons. The fourth-order valence-electron chi connectivity index (χ4n) is 1.80. The molecule has 16 heavy (non-hydrogen) atoms. The van der Waals surface area contributed by atoms with Crippen LogP contribution in [0.15, 0.2) is 24.3 Å². The molecule has 4 nitrogen and oxygen atoms in total. The van der Waals surface area contributed by atoms with Gasteiger partial charge >= 0.3 is 0 Å². The molecule has 1 saturated heterocycles. The maximum atomic E-state index is 5.44. The Morgan fingerprint density at radius 1 is 1.38 bits per heavy atom. The highest BCUT2D eigenvalue weighted by molar-refractivity contribution is 5.49. The average molecular weight is 222 g/mol. The van der Waals surface area contributed by atoms with Crippen LogP contribution in [-0.2, 0) is 4.74 Å². The predicted molar refractivity (Wildman–Crippen MR) is 64.0 cm³/mol. The van der Waals surface area contributed by atoms with Crippen LogP contribution in [0.4, 0.5) is 5.69 Å². The third kappa shape index (κ3) is 2.46. The van der Waals surface area contributed by atoms with Crippen molar-refractivity contribution in [2.45, 2.75) is 6.17 Å². The Hall–Kier alpha value is -1.26. The maximum Gasteiger partial charge on any atom is 0.119 e. The zero-order valence-electron chi connectivity index (χ0n) is 9.77. The van der Waals surface area contributed by atoms with Crippen LogP contribution in [-0.4, -0.2) is 40.1 Å². The molecular weight excluding hydrogens is 204 g/mol. The minimum Gasteiger partial charge on any atom is -0.497 e. The Labute approximate surface area is 96.2 Å². The lowest BCUT2D eigenvalue weighted by atomic mass is 10.2. The Kier molecular flexibility index (Phi) is 3.64. The van der Waals surface area contributed by atoms with Gasteiger partial charge in [0.1, 0.15) is 11.9 Å². The van der Waals surface area contributed by atoms with Crippen molar-refractivity contribution in [2.75, 3.05) is 38.8 Å². The van der Waals surface area contributed by atoms with Crippen molar-refractivity contribution in [1.82, 2.24) is 5.32 Å². The summed E-state index contributed by atoms with van der Waals surface area (Å²) >= 11 is 0. The summed E-state index contributed by atoms with van der Waals surface area (Å²) in [6.45, 7) is 2.43. The first-order valence-electron chi connectivity index (χ1n) is 5.49. The second kappa shape index (κ2) is 5.18. The number of morpholine rings is 1. The van der Waals surface area contributed by atoms with Crippen LogP contribution >= 0.6 is 0 Å². The van der Waals surface area contributed by atoms with Gasteiger partial charge in [-0.3, -0.25) is 5.32 Å². The van der Waals surface area contributed by atoms with E-state index in [2.05, 4.69) is 29.4 Å². The van der Waals surface area contributed by atoms with Crippen molar-refractivity contribution in [3.05, 3.63) is 24.3 Å². The molecule has 0 radical (unpaired) electrons. The predicted octanol–water partition coefficient (Wildman–Crippen LogP) is 1.08. The van der Waals surface area contributed by atoms with Gasteiger partial charge in [-0.25, -0.2) is 0 Å². The first-order chi connectivity index (χ1) is 7.81. The van der Waals surface area contributed by atoms with E-state index in [1.165, 1.54) is 0 Å². The summed E-state index contributed by atoms with van der Waals surface area (Å²) in [6.07, 6.45) is 0.252. The topological polar surface area (TPSA) is 33.7 Å². The van der Waals surface area contributed by atoms with Crippen LogP contribution in [0.1, 0.15) is 0 Å². The fourth-order valence-corrected chi connectivity index (χ4v) is 1.80. The number of nitrogens with zero attached hydrogens (tertiary/aromatic N) is 1. The number of likely N-dealkylation sites (N-methyl/N-ethyl adjacent to an activating group) is 1. The summed E-state index contributed by atoms with van der Waals surface area (Å²) in [4.78, 5) is 2.18. The lowest BCUT2D eigenvalue weighted by Crippen LogP contribution is -2.51. The van der Waals surface area contributed by atoms with Crippen molar-refractivity contribution >= 4 is 5.69 Å². The molecule has 1 heterocycles. The normalized spacial score (nSPS) is 20.5. The largest absolute Gasteiger partial charge is 0.497 e. The van der Waals surface area contributed by atoms with Crippen LogP contribution in [0.2, 0.25) is 0 Å². The lowest BCUT2D eigenvalue weighted by molar-refractivity contribution is 0.0772. The van der Waals surface area contributed by atoms with Gasteiger partial charge in [0.15, 0.2) is 0 Å². The number of hydrogen-bond donors (Lipinski definition) is 1. The Balaban J connectivity index is 2.04. The van der Waals surface area contributed by atoms with Crippen LogP contribution in [0.3, 0.4) is 0 Å². The van der Waals surface area contributed by atoms with Gasteiger partial charge in [0.25, 0.3) is 0 Å². The summed E-state index contributed by atoms with van der Waals surface area (Å²) in [7, 11) is 3.74. The maximum absolute atomic E-state index is 5.44. The molecule has 0 spiro atoms. The van der Waals surface area contributed by atoms with Crippen molar-refractivity contribution in [3.8, 4) is 5.75 Å². The highest BCUT2D eigenvalue weighted by atomic mass is 16.5. The van der Waals surface area contributed by atoms with Gasteiger partial charge < -0.3 is 14.4 Å². The zero-order chi connectivity index (χ0) is 11.4. The molecule has 1 N–H and O–H groups in total. The molecule has 1 unspecified atom stereocenters. The Morgan fingerprint density at radius 3 is 2.69 bits per heavy atom. The first-order valence-corrected chi connectivity index (χ1v) is 5.49. The quantitative estimate of drug-likeness (QED) is 0.829. The Morgan fingerprint density at radius 2 is 2.12 bits per heavy atom. The van der Waals surface area contributed by atoms with Crippen molar-refractivity contribution in [3.63, 3.8) is 0 Å². The first kappa shape index (κ1) is 11.2. The van der Waals surface area contributed by atoms with E-state index in [1.807, 2.05) is 12.1 Å². The summed E-state index contributed by atoms with van der Waals surface area (Å²) in [6, 6.07) is 8.04. The van der Waals surface area contributed by atoms with Gasteiger partial charge in [0.2, 0.25) is 0 Å². The molecule has 0 aliphatic carbocycles. The molecule has 0 bridgehead atoms. The summed E-state index contributed by atoms with van der Waals surface area (Å²) in [5, 5.41) is 3.42. The molecule has 0 saturated carbocycles. The molecule has 4 heteroatoms. The standard InChI is InChI=1S/C12H18N2O2/c1-14(12-9-16-8-7-13-12)10-3-5-11(15-2)6-4-10/h3-6,12-13H,7-9H2,1-2H3. The number of methoxy groups -OCH3 is 1. The fraction of sp³-hybridized carbons (Fsp3) is 0.500. The van der Waals surface area contributed by atoms with Crippen molar-refractivity contribution < 1.29 is 9.47 Å². The molecular formula is C12H18N2O2. The third-order valence-corrected chi connectivity index (χ3v) is 2.85. The molecule has 0 aromatic heterocycles. The number of rotatable bonds is 3. The smallest absolute Gasteiger partial charge is 0.119 e. The second-order valence-corrected chi connectivity index (χ2v) is 3.85. The zero-order valence-corrected chi connectivity index (χ0v) is 9.77. The monoisotopic (exact) mass is 222 g/mol. The van der Waals surface area contributed by atoms with Crippen LogP contribution < -0.4 is 15.0 Å². The average Bonchev–Trinajstić information content (AvgIpc) is 2.39. The van der Waals surface area contributed by atoms with E-state index < -0.39 is 0 Å². The summed E-state index contributed by atoms with van der Waals surface area (Å²) in [5.41, 5.74) is 1.16. The highest BCUT2D eigenvalue weighted by Crippen LogP contribution is 2.19. The van der Waals surface area contributed by atoms with E-state index in [4.69, 9.17) is 9.47 Å². The van der Waals surface area contributed by atoms with E-state index in [-0.39, 0.29) is 6.17 Å². The molecule has 1 aromatic rings. The van der Waals surface area contributed by atoms with E-state index in [0.29, 0.717) is 0 Å². The van der Waals surface area contributed by atoms with E-state index >= 15 is 0 Å². The highest BCUT2D eigenvalue weighted by Gasteiger charge is 2.17. The summed E-state index contributed by atoms with van der Waals surface area (Å²) in [5.74, 6) is 0.880. The molecule has 2 rings (SSSR count). The van der Waals surface area contributed by atoms with Gasteiger partial charge in [-0.15, -0.1) is 0 Å². The molecule has 1 aliphatic rings. The van der Waals surface area contributed by atoms with Crippen molar-refractivity contribution in [1.29, 1.82) is 0 Å². The van der Waals surface area contributed by atoms with E-state index in [0.717, 1.165) is 31.2 Å². The van der Waals surface area contributed by atoms with Gasteiger partial charge in [-0.05, 0) is 24.3 Å². The second-order valence-electron chi connectivity index (χ2n) is 3.85. The minimum absolute atomic E-state index is 0.252. The molecule has 1 atom stereocenters. The Bertz CT molecular complexity index is 320. The van der Waals surface area contributed by atoms with Crippen molar-refractivity contribution in [2.24, 2.45) is 0 Å². The summed E-state index contributed by atoms with van der Waals surface area (Å²) < 4.78 is 10.6. The van der Waals surface area contributed by atoms with Crippen LogP contribution in [0.25, 0.3) is 0 Å². The molecule has 1 aliphatic heterocycles. The number of anilines is 1. The number of hydrogen-bond acceptors (Lipinski definition) is 4. The van der Waals surface area contributed by atoms with Gasteiger partial charge in [-0.1, -0.05) is 0 Å². The number of ether oxygens (including phenoxy) is 2. The SMILES string of the molecule is COc1ccc(N(C)C2COCCN2)cc1. The molecule has 1 fully saturated rings. The van der Waals surface area contributed by atoms with E-state index in [1.54, 1.807) is 7.11 Å². The third-order valence-electron chi connectivity index (χ3n) is 2.85. The van der Waals surface area contributed by atoms with Gasteiger partial charge in [0, 0.05) is 19.3 Å².